The number of aromatic nitrogens is 2. The highest BCUT2D eigenvalue weighted by molar-refractivity contribution is 6.41. The highest BCUT2D eigenvalue weighted by atomic mass is 35.5. The first-order valence-electron chi connectivity index (χ1n) is 12.5. The molecule has 0 aliphatic carbocycles. The molecule has 0 spiro atoms. The minimum atomic E-state index is -1.34. The van der Waals surface area contributed by atoms with Gasteiger partial charge in [0.1, 0.15) is 5.15 Å². The first kappa shape index (κ1) is 28.0. The normalized spacial score (nSPS) is 11.7. The molecule has 0 aliphatic rings. The van der Waals surface area contributed by atoms with E-state index in [1.807, 2.05) is 84.9 Å². The lowest BCUT2D eigenvalue weighted by Gasteiger charge is -2.14. The topological polar surface area (TPSA) is 115 Å². The number of hydrogen-bond donors (Lipinski definition) is 2. The molecule has 2 N–H and O–H groups in total. The van der Waals surface area contributed by atoms with Gasteiger partial charge < -0.3 is 19.6 Å². The number of rotatable bonds is 10. The van der Waals surface area contributed by atoms with E-state index in [-0.39, 0.29) is 40.7 Å². The monoisotopic (exact) mass is 587 g/mol. The molecule has 0 saturated heterocycles. The van der Waals surface area contributed by atoms with Crippen LogP contribution in [0.1, 0.15) is 16.1 Å². The zero-order valence-electron chi connectivity index (χ0n) is 21.5. The largest absolute Gasteiger partial charge is 0.480 e. The first-order chi connectivity index (χ1) is 19.9. The van der Waals surface area contributed by atoms with Crippen molar-refractivity contribution in [1.82, 2.24) is 15.3 Å². The van der Waals surface area contributed by atoms with E-state index in [1.165, 1.54) is 12.3 Å². The van der Waals surface area contributed by atoms with Gasteiger partial charge >= 0.3 is 5.97 Å². The number of carbonyl (C=O) groups excluding carboxylic acids is 1. The van der Waals surface area contributed by atoms with Crippen LogP contribution in [0.4, 0.5) is 0 Å². The fourth-order valence-corrected chi connectivity index (χ4v) is 4.31. The third-order valence-electron chi connectivity index (χ3n) is 6.14. The molecule has 1 amide bonds. The second-order valence-corrected chi connectivity index (χ2v) is 9.77. The molecule has 1 unspecified atom stereocenters. The molecule has 0 saturated carbocycles. The summed E-state index contributed by atoms with van der Waals surface area (Å²) in [7, 11) is 0. The fraction of sp³-hybridized carbons (Fsp3) is 0.0968. The van der Waals surface area contributed by atoms with Crippen LogP contribution in [0, 0.1) is 0 Å². The molecular weight excluding hydrogens is 565 g/mol. The number of hydrogen-bond acceptors (Lipinski definition) is 6. The van der Waals surface area contributed by atoms with Gasteiger partial charge in [-0.2, -0.15) is 0 Å². The number of aliphatic carboxylic acids is 1. The van der Waals surface area contributed by atoms with E-state index in [4.69, 9.17) is 32.4 Å². The number of carboxylic acid groups (broad SMARTS) is 1. The molecule has 2 heterocycles. The Morgan fingerprint density at radius 1 is 0.878 bits per heavy atom. The average Bonchev–Trinajstić information content (AvgIpc) is 3.45. The van der Waals surface area contributed by atoms with Crippen LogP contribution in [-0.2, 0) is 16.1 Å². The van der Waals surface area contributed by atoms with Gasteiger partial charge in [-0.05, 0) is 34.9 Å². The fourth-order valence-electron chi connectivity index (χ4n) is 4.04. The first-order valence-corrected chi connectivity index (χ1v) is 13.3. The number of halogens is 2. The molecule has 10 heteroatoms. The molecule has 5 rings (SSSR count). The second-order valence-electron chi connectivity index (χ2n) is 9.00. The summed E-state index contributed by atoms with van der Waals surface area (Å²) in [5.74, 6) is -1.81. The van der Waals surface area contributed by atoms with Crippen LogP contribution in [0.3, 0.4) is 0 Å². The molecule has 0 radical (unpaired) electrons. The zero-order chi connectivity index (χ0) is 28.8. The van der Waals surface area contributed by atoms with Crippen LogP contribution >= 0.6 is 23.2 Å². The van der Waals surface area contributed by atoms with Gasteiger partial charge in [-0.3, -0.25) is 4.79 Å². The smallest absolute Gasteiger partial charge is 0.328 e. The number of nitrogens with zero attached hydrogens (tertiary/aromatic N) is 2. The Balaban J connectivity index is 1.42. The highest BCUT2D eigenvalue weighted by Gasteiger charge is 2.28. The van der Waals surface area contributed by atoms with Crippen LogP contribution in [0.5, 0.6) is 0 Å². The van der Waals surface area contributed by atoms with Crippen molar-refractivity contribution in [3.05, 3.63) is 119 Å². The minimum Gasteiger partial charge on any atom is -0.480 e. The van der Waals surface area contributed by atoms with E-state index in [9.17, 15) is 14.7 Å². The van der Waals surface area contributed by atoms with Gasteiger partial charge in [0.15, 0.2) is 17.5 Å². The third kappa shape index (κ3) is 6.81. The minimum absolute atomic E-state index is 0.0602. The molecule has 2 aromatic heterocycles. The molecule has 8 nitrogen and oxygen atoms in total. The lowest BCUT2D eigenvalue weighted by atomic mass is 10.0. The van der Waals surface area contributed by atoms with E-state index in [1.54, 1.807) is 0 Å². The Labute approximate surface area is 245 Å². The van der Waals surface area contributed by atoms with Gasteiger partial charge in [0.05, 0.1) is 18.2 Å². The summed E-state index contributed by atoms with van der Waals surface area (Å²) in [6.07, 6.45) is 1.39. The summed E-state index contributed by atoms with van der Waals surface area (Å²) < 4.78 is 11.6. The summed E-state index contributed by atoms with van der Waals surface area (Å²) in [4.78, 5) is 33.8. The van der Waals surface area contributed by atoms with Gasteiger partial charge in [0.2, 0.25) is 5.89 Å². The summed E-state index contributed by atoms with van der Waals surface area (Å²) in [5.41, 5.74) is 3.73. The summed E-state index contributed by atoms with van der Waals surface area (Å²) in [5, 5.41) is 12.5. The second kappa shape index (κ2) is 12.8. The molecule has 0 fully saturated rings. The van der Waals surface area contributed by atoms with Gasteiger partial charge in [-0.15, -0.1) is 0 Å². The maximum Gasteiger partial charge on any atom is 0.328 e. The Morgan fingerprint density at radius 2 is 1.51 bits per heavy atom. The van der Waals surface area contributed by atoms with Crippen LogP contribution < -0.4 is 5.32 Å². The average molecular weight is 588 g/mol. The number of pyridine rings is 1. The highest BCUT2D eigenvalue weighted by Crippen LogP contribution is 2.33. The number of oxazole rings is 1. The molecule has 5 aromatic rings. The van der Waals surface area contributed by atoms with E-state index < -0.39 is 17.9 Å². The Kier molecular flexibility index (Phi) is 8.74. The van der Waals surface area contributed by atoms with Crippen LogP contribution in [-0.4, -0.2) is 39.6 Å². The van der Waals surface area contributed by atoms with Crippen LogP contribution in [0.15, 0.2) is 102 Å². The number of nitrogens with one attached hydrogen (secondary N) is 1. The van der Waals surface area contributed by atoms with E-state index in [0.29, 0.717) is 11.1 Å². The number of carbonyl (C=O) groups is 2. The van der Waals surface area contributed by atoms with Crippen molar-refractivity contribution < 1.29 is 23.8 Å². The maximum absolute atomic E-state index is 13.4. The lowest BCUT2D eigenvalue weighted by Crippen LogP contribution is -2.44. The van der Waals surface area contributed by atoms with Crippen molar-refractivity contribution >= 4 is 35.1 Å². The van der Waals surface area contributed by atoms with Crippen molar-refractivity contribution in [3.8, 4) is 33.9 Å². The van der Waals surface area contributed by atoms with Gasteiger partial charge in [-0.1, -0.05) is 96.0 Å². The number of ether oxygens (including phenoxy) is 1. The quantitative estimate of drug-likeness (QED) is 0.173. The predicted molar refractivity (Wildman–Crippen MR) is 156 cm³/mol. The Bertz CT molecular complexity index is 1660. The van der Waals surface area contributed by atoms with Crippen molar-refractivity contribution in [2.24, 2.45) is 0 Å². The van der Waals surface area contributed by atoms with Crippen molar-refractivity contribution in [2.75, 3.05) is 6.61 Å². The van der Waals surface area contributed by atoms with Gasteiger partial charge in [0, 0.05) is 17.3 Å². The maximum atomic E-state index is 13.4. The lowest BCUT2D eigenvalue weighted by molar-refractivity contribution is -0.141. The van der Waals surface area contributed by atoms with E-state index in [2.05, 4.69) is 15.3 Å². The van der Waals surface area contributed by atoms with Gasteiger partial charge in [-0.25, -0.2) is 14.8 Å². The van der Waals surface area contributed by atoms with E-state index >= 15 is 0 Å². The molecule has 206 valence electrons. The van der Waals surface area contributed by atoms with Crippen molar-refractivity contribution in [2.45, 2.75) is 12.6 Å². The van der Waals surface area contributed by atoms with Crippen molar-refractivity contribution in [1.29, 1.82) is 0 Å². The molecule has 0 aliphatic heterocycles. The zero-order valence-corrected chi connectivity index (χ0v) is 23.0. The summed E-state index contributed by atoms with van der Waals surface area (Å²) in [6, 6.07) is 26.8. The molecule has 1 atom stereocenters. The number of benzene rings is 3. The number of amides is 1. The third-order valence-corrected chi connectivity index (χ3v) is 6.83. The predicted octanol–water partition coefficient (Wildman–Crippen LogP) is 6.78. The molecular formula is C31H23Cl2N3O5. The van der Waals surface area contributed by atoms with E-state index in [0.717, 1.165) is 16.7 Å². The Hall–Kier alpha value is -4.50. The molecule has 41 heavy (non-hydrogen) atoms. The van der Waals surface area contributed by atoms with Crippen LogP contribution in [0.2, 0.25) is 10.2 Å². The van der Waals surface area contributed by atoms with Crippen molar-refractivity contribution in [3.63, 3.8) is 0 Å². The number of carboxylic acids is 1. The Morgan fingerprint density at radius 3 is 2.17 bits per heavy atom. The summed E-state index contributed by atoms with van der Waals surface area (Å²) in [6.45, 7) is -0.0704. The van der Waals surface area contributed by atoms with Gasteiger partial charge in [0.25, 0.3) is 5.91 Å². The van der Waals surface area contributed by atoms with Crippen LogP contribution in [0.25, 0.3) is 33.9 Å². The molecule has 0 bridgehead atoms. The summed E-state index contributed by atoms with van der Waals surface area (Å²) >= 11 is 12.2. The standard InChI is InChI=1S/C31H23Cl2N3O5/c32-24-15-23(16-34-28(24)33)27-26(29(37)35-25(31(38)39)18-40-17-19-7-3-1-4-8-19)36-30(41-27)22-13-11-21(12-14-22)20-9-5-2-6-10-20/h1-16,25H,17-18H2,(H,35,37)(H,38,39). The molecule has 3 aromatic carbocycles. The SMILES string of the molecule is O=C(NC(COCc1ccccc1)C(=O)O)c1nc(-c2ccc(-c3ccccc3)cc2)oc1-c1cnc(Cl)c(Cl)c1.